The summed E-state index contributed by atoms with van der Waals surface area (Å²) >= 11 is 0. The Morgan fingerprint density at radius 2 is 1.85 bits per heavy atom. The first kappa shape index (κ1) is 25.2. The van der Waals surface area contributed by atoms with E-state index in [0.29, 0.717) is 6.61 Å². The van der Waals surface area contributed by atoms with Crippen molar-refractivity contribution in [2.45, 2.75) is 78.6 Å². The van der Waals surface area contributed by atoms with Crippen LogP contribution in [-0.4, -0.2) is 6.61 Å². The third kappa shape index (κ3) is 9.08. The van der Waals surface area contributed by atoms with Gasteiger partial charge < -0.3 is 4.74 Å². The van der Waals surface area contributed by atoms with E-state index in [1.165, 1.54) is 49.3 Å². The number of hydrogen-bond acceptors (Lipinski definition) is 1. The van der Waals surface area contributed by atoms with Gasteiger partial charge in [0.1, 0.15) is 11.6 Å². The summed E-state index contributed by atoms with van der Waals surface area (Å²) in [5, 5.41) is 0. The molecule has 2 rings (SSSR count). The number of halogens is 1. The summed E-state index contributed by atoms with van der Waals surface area (Å²) in [5.74, 6) is 0.738. The van der Waals surface area contributed by atoms with Gasteiger partial charge >= 0.3 is 0 Å². The van der Waals surface area contributed by atoms with Crippen LogP contribution in [-0.2, 0) is 10.2 Å². The fraction of sp³-hybridized carbons (Fsp3) is 0.520. The Bertz CT molecular complexity index is 580. The molecule has 1 nitrogen and oxygen atoms in total. The van der Waals surface area contributed by atoms with Crippen LogP contribution >= 0.6 is 0 Å². The van der Waals surface area contributed by atoms with Gasteiger partial charge in [-0.25, -0.2) is 4.39 Å². The zero-order chi connectivity index (χ0) is 20.7. The molecule has 1 saturated carbocycles. The Hall–Kier alpha value is -1.83. The van der Waals surface area contributed by atoms with Crippen molar-refractivity contribution in [2.24, 2.45) is 0 Å². The maximum atomic E-state index is 13.4. The van der Waals surface area contributed by atoms with Gasteiger partial charge in [0.05, 0.1) is 6.61 Å². The van der Waals surface area contributed by atoms with Crippen molar-refractivity contribution in [3.8, 4) is 0 Å². The highest BCUT2D eigenvalue weighted by Crippen LogP contribution is 2.43. The van der Waals surface area contributed by atoms with Gasteiger partial charge in [0, 0.05) is 0 Å². The Balaban J connectivity index is 0.000000574. The molecule has 0 spiro atoms. The van der Waals surface area contributed by atoms with Gasteiger partial charge in [0.2, 0.25) is 0 Å². The number of ether oxygens (including phenoxy) is 1. The van der Waals surface area contributed by atoms with Gasteiger partial charge in [-0.3, -0.25) is 0 Å². The van der Waals surface area contributed by atoms with E-state index in [0.717, 1.165) is 12.2 Å². The van der Waals surface area contributed by atoms with Gasteiger partial charge in [0.15, 0.2) is 0 Å². The smallest absolute Gasteiger partial charge is 0.123 e. The summed E-state index contributed by atoms with van der Waals surface area (Å²) in [7, 11) is 0. The SMILES string of the molecule is C=C(C)CC1(c2cccc(F)c2)CCCCC1.C=C/C(=C\C)OCC.CC. The first-order valence-electron chi connectivity index (χ1n) is 10.3. The third-order valence-corrected chi connectivity index (χ3v) is 4.68. The molecule has 0 saturated heterocycles. The predicted octanol–water partition coefficient (Wildman–Crippen LogP) is 8.13. The van der Waals surface area contributed by atoms with Crippen LogP contribution in [0.3, 0.4) is 0 Å². The van der Waals surface area contributed by atoms with E-state index in [-0.39, 0.29) is 11.2 Å². The van der Waals surface area contributed by atoms with Crippen molar-refractivity contribution in [3.63, 3.8) is 0 Å². The molecule has 0 bridgehead atoms. The van der Waals surface area contributed by atoms with Crippen molar-refractivity contribution < 1.29 is 9.13 Å². The second-order valence-electron chi connectivity index (χ2n) is 6.81. The highest BCUT2D eigenvalue weighted by atomic mass is 19.1. The lowest BCUT2D eigenvalue weighted by molar-refractivity contribution is 0.242. The molecule has 0 aliphatic heterocycles. The van der Waals surface area contributed by atoms with Crippen LogP contribution < -0.4 is 0 Å². The molecule has 1 aromatic rings. The lowest BCUT2D eigenvalue weighted by Crippen LogP contribution is -2.29. The standard InChI is InChI=1S/C16H21F.C7H12O.C2H6/c1-13(2)12-16(9-4-3-5-10-16)14-7-6-8-15(17)11-14;1-4-7(5-2)8-6-3;1-2/h6-8,11H,1,3-5,9-10,12H2,2H3;4-5H,1,6H2,2-3H3;1-2H3/b;7-5+;. The van der Waals surface area contributed by atoms with E-state index in [1.54, 1.807) is 12.1 Å². The summed E-state index contributed by atoms with van der Waals surface area (Å²) in [6.07, 6.45) is 10.7. The maximum Gasteiger partial charge on any atom is 0.123 e. The van der Waals surface area contributed by atoms with Gasteiger partial charge in [-0.15, -0.1) is 6.58 Å². The van der Waals surface area contributed by atoms with Crippen molar-refractivity contribution in [1.29, 1.82) is 0 Å². The molecule has 152 valence electrons. The quantitative estimate of drug-likeness (QED) is 0.277. The number of allylic oxidation sites excluding steroid dienone is 3. The van der Waals surface area contributed by atoms with Crippen molar-refractivity contribution in [2.75, 3.05) is 6.61 Å². The van der Waals surface area contributed by atoms with Crippen LogP contribution in [0, 0.1) is 5.82 Å². The van der Waals surface area contributed by atoms with Crippen LogP contribution in [0.15, 0.2) is 60.9 Å². The molecule has 27 heavy (non-hydrogen) atoms. The van der Waals surface area contributed by atoms with E-state index in [1.807, 2.05) is 39.8 Å². The topological polar surface area (TPSA) is 9.23 Å². The van der Waals surface area contributed by atoms with Crippen molar-refractivity contribution >= 4 is 0 Å². The molecule has 0 heterocycles. The first-order chi connectivity index (χ1) is 13.0. The molecule has 0 radical (unpaired) electrons. The highest BCUT2D eigenvalue weighted by molar-refractivity contribution is 5.28. The largest absolute Gasteiger partial charge is 0.494 e. The highest BCUT2D eigenvalue weighted by Gasteiger charge is 2.33. The van der Waals surface area contributed by atoms with Gasteiger partial charge in [0.25, 0.3) is 0 Å². The van der Waals surface area contributed by atoms with E-state index < -0.39 is 0 Å². The summed E-state index contributed by atoms with van der Waals surface area (Å²) in [5.41, 5.74) is 2.52. The minimum absolute atomic E-state index is 0.117. The monoisotopic (exact) mass is 374 g/mol. The van der Waals surface area contributed by atoms with Crippen molar-refractivity contribution in [1.82, 2.24) is 0 Å². The Morgan fingerprint density at radius 1 is 1.22 bits per heavy atom. The molecule has 1 aromatic carbocycles. The molecular formula is C25H39FO. The average Bonchev–Trinajstić information content (AvgIpc) is 2.68. The summed E-state index contributed by atoms with van der Waals surface area (Å²) in [4.78, 5) is 0. The minimum Gasteiger partial charge on any atom is -0.494 e. The molecule has 2 heteroatoms. The molecule has 0 atom stereocenters. The van der Waals surface area contributed by atoms with E-state index in [9.17, 15) is 4.39 Å². The minimum atomic E-state index is -0.117. The molecular weight excluding hydrogens is 335 g/mol. The fourth-order valence-corrected chi connectivity index (χ4v) is 3.62. The zero-order valence-corrected chi connectivity index (χ0v) is 18.1. The summed E-state index contributed by atoms with van der Waals surface area (Å²) in [6.45, 7) is 18.3. The normalized spacial score (nSPS) is 15.4. The van der Waals surface area contributed by atoms with Gasteiger partial charge in [-0.05, 0) is 75.3 Å². The second kappa shape index (κ2) is 14.3. The Kier molecular flexibility index (Phi) is 13.3. The molecule has 0 unspecified atom stereocenters. The number of benzene rings is 1. The lowest BCUT2D eigenvalue weighted by atomic mass is 9.66. The summed E-state index contributed by atoms with van der Waals surface area (Å²) in [6, 6.07) is 7.16. The van der Waals surface area contributed by atoms with E-state index >= 15 is 0 Å². The van der Waals surface area contributed by atoms with Crippen molar-refractivity contribution in [3.05, 3.63) is 72.3 Å². The van der Waals surface area contributed by atoms with Crippen LogP contribution in [0.25, 0.3) is 0 Å². The number of hydrogen-bond donors (Lipinski definition) is 0. The molecule has 0 amide bonds. The average molecular weight is 375 g/mol. The second-order valence-corrected chi connectivity index (χ2v) is 6.81. The third-order valence-electron chi connectivity index (χ3n) is 4.68. The first-order valence-corrected chi connectivity index (χ1v) is 10.3. The maximum absolute atomic E-state index is 13.4. The van der Waals surface area contributed by atoms with Crippen LogP contribution in [0.4, 0.5) is 4.39 Å². The Labute approximate surface area is 167 Å². The van der Waals surface area contributed by atoms with Gasteiger partial charge in [-0.2, -0.15) is 0 Å². The predicted molar refractivity (Wildman–Crippen MR) is 118 cm³/mol. The van der Waals surface area contributed by atoms with Crippen LogP contribution in [0.2, 0.25) is 0 Å². The molecule has 1 aliphatic carbocycles. The zero-order valence-electron chi connectivity index (χ0n) is 18.1. The lowest BCUT2D eigenvalue weighted by Gasteiger charge is -2.38. The van der Waals surface area contributed by atoms with Crippen LogP contribution in [0.1, 0.15) is 78.7 Å². The fourth-order valence-electron chi connectivity index (χ4n) is 3.62. The summed E-state index contributed by atoms with van der Waals surface area (Å²) < 4.78 is 18.5. The molecule has 1 aliphatic rings. The molecule has 0 N–H and O–H groups in total. The van der Waals surface area contributed by atoms with Gasteiger partial charge in [-0.1, -0.05) is 57.4 Å². The van der Waals surface area contributed by atoms with E-state index in [2.05, 4.69) is 26.1 Å². The molecule has 1 fully saturated rings. The Morgan fingerprint density at radius 3 is 2.26 bits per heavy atom. The van der Waals surface area contributed by atoms with E-state index in [4.69, 9.17) is 4.74 Å². The molecule has 0 aromatic heterocycles. The number of rotatable bonds is 6. The van der Waals surface area contributed by atoms with Crippen LogP contribution in [0.5, 0.6) is 0 Å².